The summed E-state index contributed by atoms with van der Waals surface area (Å²) in [6.45, 7) is 1.79. The first-order valence-corrected chi connectivity index (χ1v) is 12.0. The van der Waals surface area contributed by atoms with E-state index in [1.54, 1.807) is 37.5 Å². The molecule has 4 rings (SSSR count). The normalized spacial score (nSPS) is 11.3. The van der Waals surface area contributed by atoms with Crippen LogP contribution in [0.3, 0.4) is 0 Å². The second kappa shape index (κ2) is 10.3. The lowest BCUT2D eigenvalue weighted by Crippen LogP contribution is -2.18. The highest BCUT2D eigenvalue weighted by atomic mass is 32.2. The Bertz CT molecular complexity index is 1400. The summed E-state index contributed by atoms with van der Waals surface area (Å²) in [7, 11) is 1.61. The predicted octanol–water partition coefficient (Wildman–Crippen LogP) is 4.47. The molecule has 0 aliphatic rings. The number of carbonyl (C=O) groups excluding carboxylic acids is 1. The lowest BCUT2D eigenvalue weighted by molar-refractivity contribution is 0.100. The Morgan fingerprint density at radius 1 is 1.24 bits per heavy atom. The summed E-state index contributed by atoms with van der Waals surface area (Å²) in [6.07, 6.45) is 0. The summed E-state index contributed by atoms with van der Waals surface area (Å²) in [4.78, 5) is 17.6. The van der Waals surface area contributed by atoms with Gasteiger partial charge in [-0.2, -0.15) is 10.3 Å². The molecule has 0 saturated carbocycles. The van der Waals surface area contributed by atoms with Gasteiger partial charge in [0.25, 0.3) is 5.91 Å². The fourth-order valence-electron chi connectivity index (χ4n) is 3.24. The monoisotopic (exact) mass is 488 g/mol. The van der Waals surface area contributed by atoms with Crippen molar-refractivity contribution < 1.29 is 9.53 Å². The van der Waals surface area contributed by atoms with Crippen LogP contribution in [-0.2, 0) is 0 Å². The van der Waals surface area contributed by atoms with E-state index in [-0.39, 0.29) is 11.6 Å². The fraction of sp³-hybridized carbons (Fsp3) is 0.125. The SMILES string of the molecule is COc1ccccc1-n1c(SCC(N)=NC(=O)c2cc(C#N)ccc2C)nnc1-c1cccs1. The van der Waals surface area contributed by atoms with E-state index in [0.717, 1.165) is 16.1 Å². The van der Waals surface area contributed by atoms with E-state index >= 15 is 0 Å². The molecule has 2 N–H and O–H groups in total. The van der Waals surface area contributed by atoms with Crippen molar-refractivity contribution in [3.8, 4) is 28.2 Å². The molecule has 2 aromatic heterocycles. The third-order valence-electron chi connectivity index (χ3n) is 4.89. The van der Waals surface area contributed by atoms with Crippen molar-refractivity contribution >= 4 is 34.8 Å². The topological polar surface area (TPSA) is 119 Å². The first-order chi connectivity index (χ1) is 16.5. The number of amides is 1. The van der Waals surface area contributed by atoms with Gasteiger partial charge in [0, 0.05) is 5.56 Å². The van der Waals surface area contributed by atoms with Crippen LogP contribution < -0.4 is 10.5 Å². The van der Waals surface area contributed by atoms with Gasteiger partial charge in [0.2, 0.25) is 0 Å². The zero-order valence-electron chi connectivity index (χ0n) is 18.4. The molecule has 2 heterocycles. The number of thiophene rings is 1. The van der Waals surface area contributed by atoms with Crippen LogP contribution in [0.5, 0.6) is 5.75 Å². The minimum absolute atomic E-state index is 0.143. The molecular weight excluding hydrogens is 468 g/mol. The Labute approximate surface area is 204 Å². The highest BCUT2D eigenvalue weighted by Crippen LogP contribution is 2.34. The summed E-state index contributed by atoms with van der Waals surface area (Å²) in [6, 6.07) is 18.5. The molecule has 1 amide bonds. The number of aliphatic imine (C=N–C) groups is 1. The highest BCUT2D eigenvalue weighted by molar-refractivity contribution is 7.99. The van der Waals surface area contributed by atoms with Crippen LogP contribution in [0.25, 0.3) is 16.4 Å². The Hall–Kier alpha value is -3.94. The van der Waals surface area contributed by atoms with Gasteiger partial charge >= 0.3 is 0 Å². The zero-order chi connectivity index (χ0) is 24.1. The molecule has 4 aromatic rings. The Morgan fingerprint density at radius 3 is 2.79 bits per heavy atom. The molecule has 8 nitrogen and oxygen atoms in total. The van der Waals surface area contributed by atoms with E-state index in [1.165, 1.54) is 17.8 Å². The number of thioether (sulfide) groups is 1. The standard InChI is InChI=1S/C24H20N6O2S2/c1-15-9-10-16(13-25)12-17(15)23(31)27-21(26)14-34-24-29-28-22(20-8-5-11-33-20)30(24)18-6-3-4-7-19(18)32-2/h3-12H,14H2,1-2H3,(H2,26,27,31). The number of aromatic nitrogens is 3. The minimum atomic E-state index is -0.488. The van der Waals surface area contributed by atoms with Gasteiger partial charge in [0.15, 0.2) is 11.0 Å². The molecule has 0 atom stereocenters. The summed E-state index contributed by atoms with van der Waals surface area (Å²) in [5.41, 5.74) is 8.35. The van der Waals surface area contributed by atoms with Gasteiger partial charge in [0.1, 0.15) is 11.6 Å². The molecule has 0 spiro atoms. The smallest absolute Gasteiger partial charge is 0.278 e. The van der Waals surface area contributed by atoms with Crippen LogP contribution in [0.2, 0.25) is 0 Å². The minimum Gasteiger partial charge on any atom is -0.495 e. The van der Waals surface area contributed by atoms with E-state index in [4.69, 9.17) is 15.7 Å². The van der Waals surface area contributed by atoms with E-state index < -0.39 is 5.91 Å². The first-order valence-electron chi connectivity index (χ1n) is 10.2. The van der Waals surface area contributed by atoms with Crippen LogP contribution in [-0.4, -0.2) is 39.4 Å². The molecule has 170 valence electrons. The van der Waals surface area contributed by atoms with Gasteiger partial charge in [-0.1, -0.05) is 36.0 Å². The number of aryl methyl sites for hydroxylation is 1. The van der Waals surface area contributed by atoms with E-state index in [1.807, 2.05) is 52.4 Å². The van der Waals surface area contributed by atoms with Crippen LogP contribution in [0.1, 0.15) is 21.5 Å². The predicted molar refractivity (Wildman–Crippen MR) is 134 cm³/mol. The van der Waals surface area contributed by atoms with E-state index in [9.17, 15) is 4.79 Å². The van der Waals surface area contributed by atoms with E-state index in [0.29, 0.717) is 27.9 Å². The van der Waals surface area contributed by atoms with Gasteiger partial charge in [-0.3, -0.25) is 9.36 Å². The molecule has 0 unspecified atom stereocenters. The third-order valence-corrected chi connectivity index (χ3v) is 6.72. The number of benzene rings is 2. The van der Waals surface area contributed by atoms with Crippen molar-refractivity contribution in [3.05, 3.63) is 76.7 Å². The average Bonchev–Trinajstić information content (AvgIpc) is 3.53. The summed E-state index contributed by atoms with van der Waals surface area (Å²) < 4.78 is 7.46. The van der Waals surface area contributed by atoms with Gasteiger partial charge < -0.3 is 10.5 Å². The van der Waals surface area contributed by atoms with Crippen molar-refractivity contribution in [2.75, 3.05) is 12.9 Å². The van der Waals surface area contributed by atoms with Crippen molar-refractivity contribution in [2.24, 2.45) is 10.7 Å². The number of hydrogen-bond acceptors (Lipinski definition) is 7. The first kappa shape index (κ1) is 23.2. The molecule has 0 saturated heterocycles. The zero-order valence-corrected chi connectivity index (χ0v) is 20.1. The van der Waals surface area contributed by atoms with E-state index in [2.05, 4.69) is 15.2 Å². The maximum absolute atomic E-state index is 12.7. The number of hydrogen-bond donors (Lipinski definition) is 1. The summed E-state index contributed by atoms with van der Waals surface area (Å²) >= 11 is 2.87. The second-order valence-electron chi connectivity index (χ2n) is 7.13. The lowest BCUT2D eigenvalue weighted by atomic mass is 10.1. The molecule has 34 heavy (non-hydrogen) atoms. The number of para-hydroxylation sites is 2. The largest absolute Gasteiger partial charge is 0.495 e. The van der Waals surface area contributed by atoms with Crippen molar-refractivity contribution in [1.82, 2.24) is 14.8 Å². The molecule has 0 aliphatic carbocycles. The summed E-state index contributed by atoms with van der Waals surface area (Å²) in [5, 5.41) is 20.4. The molecule has 0 radical (unpaired) electrons. The molecule has 10 heteroatoms. The van der Waals surface area contributed by atoms with Crippen molar-refractivity contribution in [1.29, 1.82) is 5.26 Å². The van der Waals surface area contributed by atoms with Gasteiger partial charge in [-0.05, 0) is 48.2 Å². The lowest BCUT2D eigenvalue weighted by Gasteiger charge is -2.13. The quantitative estimate of drug-likeness (QED) is 0.231. The van der Waals surface area contributed by atoms with Gasteiger partial charge in [0.05, 0.1) is 35.1 Å². The van der Waals surface area contributed by atoms with Crippen LogP contribution in [0.15, 0.2) is 70.1 Å². The number of nitrogens with zero attached hydrogens (tertiary/aromatic N) is 5. The number of rotatable bonds is 7. The van der Waals surface area contributed by atoms with Crippen LogP contribution in [0.4, 0.5) is 0 Å². The van der Waals surface area contributed by atoms with Gasteiger partial charge in [-0.25, -0.2) is 0 Å². The van der Waals surface area contributed by atoms with Crippen LogP contribution in [0, 0.1) is 18.3 Å². The number of nitriles is 1. The maximum Gasteiger partial charge on any atom is 0.278 e. The molecule has 2 aromatic carbocycles. The number of amidine groups is 1. The Morgan fingerprint density at radius 2 is 2.06 bits per heavy atom. The second-order valence-corrected chi connectivity index (χ2v) is 9.02. The Kier molecular flexibility index (Phi) is 7.06. The molecule has 0 bridgehead atoms. The van der Waals surface area contributed by atoms with Crippen molar-refractivity contribution in [2.45, 2.75) is 12.1 Å². The van der Waals surface area contributed by atoms with Crippen LogP contribution >= 0.6 is 23.1 Å². The molecule has 0 aliphatic heterocycles. The van der Waals surface area contributed by atoms with Gasteiger partial charge in [-0.15, -0.1) is 21.5 Å². The number of ether oxygens (including phenoxy) is 1. The maximum atomic E-state index is 12.7. The molecular formula is C24H20N6O2S2. The summed E-state index contributed by atoms with van der Waals surface area (Å²) in [5.74, 6) is 1.23. The number of nitrogens with two attached hydrogens (primary N) is 1. The third kappa shape index (κ3) is 4.85. The highest BCUT2D eigenvalue weighted by Gasteiger charge is 2.20. The van der Waals surface area contributed by atoms with Crippen molar-refractivity contribution in [3.63, 3.8) is 0 Å². The number of carbonyl (C=O) groups is 1. The average molecular weight is 489 g/mol. The number of methoxy groups -OCH3 is 1. The fourth-order valence-corrected chi connectivity index (χ4v) is 4.70. The Balaban J connectivity index is 1.62. The molecule has 0 fully saturated rings.